The first kappa shape index (κ1) is 22.3. The summed E-state index contributed by atoms with van der Waals surface area (Å²) in [5, 5.41) is 12.0. The topological polar surface area (TPSA) is 75.0 Å². The number of aromatic nitrogens is 1. The number of hydrogen-bond donors (Lipinski definition) is 1. The number of pyridine rings is 1. The first-order valence-corrected chi connectivity index (χ1v) is 11.1. The van der Waals surface area contributed by atoms with Crippen molar-refractivity contribution in [2.24, 2.45) is 0 Å². The van der Waals surface area contributed by atoms with Crippen molar-refractivity contribution >= 4 is 27.5 Å². The van der Waals surface area contributed by atoms with E-state index in [2.05, 4.69) is 32.3 Å². The van der Waals surface area contributed by atoms with Crippen molar-refractivity contribution in [3.05, 3.63) is 112 Å². The quantitative estimate of drug-likeness (QED) is 0.328. The van der Waals surface area contributed by atoms with Crippen LogP contribution in [0, 0.1) is 18.3 Å². The summed E-state index contributed by atoms with van der Waals surface area (Å²) in [6, 6.07) is 26.8. The minimum absolute atomic E-state index is 0.239. The number of hydrogen-bond acceptors (Lipinski definition) is 4. The van der Waals surface area contributed by atoms with Crippen LogP contribution in [0.2, 0.25) is 0 Å². The van der Waals surface area contributed by atoms with Crippen LogP contribution in [0.15, 0.2) is 89.5 Å². The average Bonchev–Trinajstić information content (AvgIpc) is 2.85. The highest BCUT2D eigenvalue weighted by Gasteiger charge is 2.14. The van der Waals surface area contributed by atoms with Gasteiger partial charge < -0.3 is 10.1 Å². The van der Waals surface area contributed by atoms with Crippen molar-refractivity contribution < 1.29 is 9.53 Å². The van der Waals surface area contributed by atoms with Gasteiger partial charge in [-0.3, -0.25) is 4.79 Å². The number of anilines is 1. The molecule has 1 aromatic heterocycles. The maximum absolute atomic E-state index is 13.0. The highest BCUT2D eigenvalue weighted by molar-refractivity contribution is 9.10. The van der Waals surface area contributed by atoms with Crippen molar-refractivity contribution in [2.75, 3.05) is 5.32 Å². The van der Waals surface area contributed by atoms with Crippen LogP contribution in [0.25, 0.3) is 11.1 Å². The summed E-state index contributed by atoms with van der Waals surface area (Å²) >= 11 is 3.42. The van der Waals surface area contributed by atoms with Crippen LogP contribution in [0.5, 0.6) is 5.75 Å². The van der Waals surface area contributed by atoms with Crippen molar-refractivity contribution in [1.29, 1.82) is 5.26 Å². The minimum atomic E-state index is -0.327. The van der Waals surface area contributed by atoms with E-state index >= 15 is 0 Å². The number of ether oxygens (including phenoxy) is 1. The van der Waals surface area contributed by atoms with Crippen LogP contribution >= 0.6 is 15.9 Å². The number of rotatable bonds is 6. The molecule has 0 aliphatic rings. The minimum Gasteiger partial charge on any atom is -0.488 e. The second kappa shape index (κ2) is 10.1. The average molecular weight is 498 g/mol. The molecule has 6 heteroatoms. The summed E-state index contributed by atoms with van der Waals surface area (Å²) < 4.78 is 6.52. The van der Waals surface area contributed by atoms with Gasteiger partial charge in [-0.05, 0) is 63.3 Å². The summed E-state index contributed by atoms with van der Waals surface area (Å²) in [5.74, 6) is 0.166. The molecule has 0 saturated heterocycles. The molecule has 3 aromatic carbocycles. The number of nitrogens with zero attached hydrogens (tertiary/aromatic N) is 2. The van der Waals surface area contributed by atoms with Crippen LogP contribution in [-0.4, -0.2) is 10.9 Å². The Labute approximate surface area is 200 Å². The van der Waals surface area contributed by atoms with E-state index in [0.717, 1.165) is 27.9 Å². The molecule has 0 spiro atoms. The summed E-state index contributed by atoms with van der Waals surface area (Å²) in [5.41, 5.74) is 5.51. The van der Waals surface area contributed by atoms with Gasteiger partial charge >= 0.3 is 0 Å². The summed E-state index contributed by atoms with van der Waals surface area (Å²) in [6.45, 7) is 2.24. The van der Waals surface area contributed by atoms with E-state index < -0.39 is 0 Å². The Balaban J connectivity index is 1.52. The van der Waals surface area contributed by atoms with Crippen molar-refractivity contribution in [2.45, 2.75) is 13.5 Å². The zero-order valence-corrected chi connectivity index (χ0v) is 19.5. The van der Waals surface area contributed by atoms with E-state index in [0.29, 0.717) is 15.8 Å². The van der Waals surface area contributed by atoms with Gasteiger partial charge in [0, 0.05) is 18.0 Å². The normalized spacial score (nSPS) is 10.3. The lowest BCUT2D eigenvalue weighted by molar-refractivity contribution is 0.102. The number of carbonyl (C=O) groups is 1. The maximum atomic E-state index is 13.0. The molecule has 1 N–H and O–H groups in total. The fourth-order valence-corrected chi connectivity index (χ4v) is 3.77. The molecule has 4 aromatic rings. The lowest BCUT2D eigenvalue weighted by atomic mass is 9.99. The predicted molar refractivity (Wildman–Crippen MR) is 132 cm³/mol. The Morgan fingerprint density at radius 3 is 2.64 bits per heavy atom. The van der Waals surface area contributed by atoms with Crippen molar-refractivity contribution in [3.8, 4) is 22.9 Å². The van der Waals surface area contributed by atoms with Crippen molar-refractivity contribution in [3.63, 3.8) is 0 Å². The first-order valence-electron chi connectivity index (χ1n) is 10.3. The standard InChI is InChI=1S/C27H20BrN3O2/c1-18-22(21-9-3-2-4-10-21)11-6-12-24(18)31-27(32)25-14-26(23(28)16-30-25)33-17-20-8-5-7-19(13-20)15-29/h2-14,16H,17H2,1H3,(H,31,32). The van der Waals surface area contributed by atoms with Gasteiger partial charge in [0.2, 0.25) is 0 Å². The lowest BCUT2D eigenvalue weighted by Gasteiger charge is -2.13. The second-order valence-electron chi connectivity index (χ2n) is 7.40. The van der Waals surface area contributed by atoms with E-state index in [1.807, 2.05) is 67.6 Å². The molecule has 162 valence electrons. The van der Waals surface area contributed by atoms with Gasteiger partial charge in [0.25, 0.3) is 5.91 Å². The number of nitriles is 1. The smallest absolute Gasteiger partial charge is 0.274 e. The maximum Gasteiger partial charge on any atom is 0.274 e. The molecule has 0 fully saturated rings. The SMILES string of the molecule is Cc1c(NC(=O)c2cc(OCc3cccc(C#N)c3)c(Br)cn2)cccc1-c1ccccc1. The van der Waals surface area contributed by atoms with Gasteiger partial charge in [0.05, 0.1) is 16.1 Å². The molecule has 33 heavy (non-hydrogen) atoms. The Morgan fingerprint density at radius 2 is 1.85 bits per heavy atom. The van der Waals surface area contributed by atoms with E-state index in [-0.39, 0.29) is 18.2 Å². The molecule has 0 unspecified atom stereocenters. The molecule has 4 rings (SSSR count). The van der Waals surface area contributed by atoms with Gasteiger partial charge in [-0.2, -0.15) is 5.26 Å². The number of amides is 1. The van der Waals surface area contributed by atoms with Gasteiger partial charge in [-0.1, -0.05) is 54.6 Å². The van der Waals surface area contributed by atoms with Gasteiger partial charge in [0.1, 0.15) is 18.1 Å². The van der Waals surface area contributed by atoms with Crippen LogP contribution in [0.3, 0.4) is 0 Å². The molecule has 5 nitrogen and oxygen atoms in total. The Bertz CT molecular complexity index is 1350. The molecule has 0 saturated carbocycles. The third kappa shape index (κ3) is 5.28. The number of halogens is 1. The Hall–Kier alpha value is -3.95. The molecule has 0 radical (unpaired) electrons. The zero-order chi connectivity index (χ0) is 23.2. The van der Waals surface area contributed by atoms with Crippen molar-refractivity contribution in [1.82, 2.24) is 4.98 Å². The van der Waals surface area contributed by atoms with Crippen LogP contribution in [-0.2, 0) is 6.61 Å². The fraction of sp³-hybridized carbons (Fsp3) is 0.0741. The summed E-state index contributed by atoms with van der Waals surface area (Å²) in [4.78, 5) is 17.2. The number of benzene rings is 3. The van der Waals surface area contributed by atoms with Gasteiger partial charge in [0.15, 0.2) is 0 Å². The molecule has 1 amide bonds. The highest BCUT2D eigenvalue weighted by atomic mass is 79.9. The van der Waals surface area contributed by atoms with E-state index in [4.69, 9.17) is 10.00 Å². The summed E-state index contributed by atoms with van der Waals surface area (Å²) in [6.07, 6.45) is 1.54. The van der Waals surface area contributed by atoms with E-state index in [1.165, 1.54) is 0 Å². The van der Waals surface area contributed by atoms with E-state index in [9.17, 15) is 4.79 Å². The van der Waals surface area contributed by atoms with Crippen LogP contribution in [0.1, 0.15) is 27.2 Å². The third-order valence-electron chi connectivity index (χ3n) is 5.17. The largest absolute Gasteiger partial charge is 0.488 e. The number of carbonyl (C=O) groups excluding carboxylic acids is 1. The van der Waals surface area contributed by atoms with Gasteiger partial charge in [-0.15, -0.1) is 0 Å². The zero-order valence-electron chi connectivity index (χ0n) is 17.9. The van der Waals surface area contributed by atoms with Gasteiger partial charge in [-0.25, -0.2) is 4.98 Å². The molecular formula is C27H20BrN3O2. The lowest BCUT2D eigenvalue weighted by Crippen LogP contribution is -2.15. The van der Waals surface area contributed by atoms with E-state index in [1.54, 1.807) is 24.4 Å². The molecule has 1 heterocycles. The molecular weight excluding hydrogens is 478 g/mol. The Kier molecular flexibility index (Phi) is 6.82. The summed E-state index contributed by atoms with van der Waals surface area (Å²) in [7, 11) is 0. The van der Waals surface area contributed by atoms with Crippen LogP contribution in [0.4, 0.5) is 5.69 Å². The molecule has 0 aliphatic heterocycles. The predicted octanol–water partition coefficient (Wildman–Crippen LogP) is 6.52. The highest BCUT2D eigenvalue weighted by Crippen LogP contribution is 2.29. The monoisotopic (exact) mass is 497 g/mol. The van der Waals surface area contributed by atoms with Crippen LogP contribution < -0.4 is 10.1 Å². The molecule has 0 bridgehead atoms. The first-order chi connectivity index (χ1) is 16.0. The molecule has 0 atom stereocenters. The number of nitrogens with one attached hydrogen (secondary N) is 1. The third-order valence-corrected chi connectivity index (χ3v) is 5.77. The fourth-order valence-electron chi connectivity index (χ4n) is 3.43. The molecule has 0 aliphatic carbocycles. The second-order valence-corrected chi connectivity index (χ2v) is 8.25. The Morgan fingerprint density at radius 1 is 1.06 bits per heavy atom.